The van der Waals surface area contributed by atoms with Gasteiger partial charge in [0.2, 0.25) is 5.76 Å². The molecule has 4 nitrogen and oxygen atoms in total. The van der Waals surface area contributed by atoms with Crippen LogP contribution in [0.4, 0.5) is 0 Å². The average molecular weight is 373 g/mol. The van der Waals surface area contributed by atoms with Crippen molar-refractivity contribution in [1.82, 2.24) is 4.90 Å². The molecule has 0 saturated carbocycles. The highest BCUT2D eigenvalue weighted by Crippen LogP contribution is 2.38. The first kappa shape index (κ1) is 18.2. The molecule has 2 aromatic carbocycles. The van der Waals surface area contributed by atoms with E-state index in [0.29, 0.717) is 23.1 Å². The van der Waals surface area contributed by atoms with Crippen LogP contribution < -0.4 is 5.43 Å². The number of aryl methyl sites for hydroxylation is 3. The number of fused-ring (bicyclic) bond motifs is 2. The van der Waals surface area contributed by atoms with Gasteiger partial charge in [-0.25, -0.2) is 0 Å². The van der Waals surface area contributed by atoms with E-state index in [-0.39, 0.29) is 17.1 Å². The van der Waals surface area contributed by atoms with Gasteiger partial charge < -0.3 is 9.32 Å². The molecule has 1 atom stereocenters. The summed E-state index contributed by atoms with van der Waals surface area (Å²) >= 11 is 0. The van der Waals surface area contributed by atoms with E-state index in [1.807, 2.05) is 50.2 Å². The number of carbonyl (C=O) groups excluding carboxylic acids is 1. The molecule has 0 saturated heterocycles. The molecular weight excluding hydrogens is 350 g/mol. The molecule has 0 aliphatic carbocycles. The lowest BCUT2D eigenvalue weighted by Crippen LogP contribution is -2.29. The molecule has 142 valence electrons. The first-order valence-corrected chi connectivity index (χ1v) is 9.55. The highest BCUT2D eigenvalue weighted by atomic mass is 16.3. The summed E-state index contributed by atoms with van der Waals surface area (Å²) in [5, 5.41) is 0.527. The lowest BCUT2D eigenvalue weighted by atomic mass is 9.96. The average Bonchev–Trinajstić information content (AvgIpc) is 2.96. The van der Waals surface area contributed by atoms with Crippen molar-refractivity contribution in [3.8, 4) is 0 Å². The molecule has 1 unspecified atom stereocenters. The maximum atomic E-state index is 13.5. The fraction of sp³-hybridized carbons (Fsp3) is 0.250. The molecule has 0 N–H and O–H groups in total. The third kappa shape index (κ3) is 2.68. The van der Waals surface area contributed by atoms with Crippen LogP contribution in [0.25, 0.3) is 11.0 Å². The van der Waals surface area contributed by atoms with E-state index in [2.05, 4.69) is 13.5 Å². The third-order valence-electron chi connectivity index (χ3n) is 5.43. The van der Waals surface area contributed by atoms with Gasteiger partial charge in [-0.3, -0.25) is 9.59 Å². The molecule has 2 heterocycles. The second kappa shape index (κ2) is 6.79. The van der Waals surface area contributed by atoms with Crippen molar-refractivity contribution in [3.63, 3.8) is 0 Å². The molecule has 4 rings (SSSR count). The Kier molecular flexibility index (Phi) is 4.42. The van der Waals surface area contributed by atoms with Gasteiger partial charge in [-0.2, -0.15) is 0 Å². The summed E-state index contributed by atoms with van der Waals surface area (Å²) < 4.78 is 6.03. The number of hydrogen-bond acceptors (Lipinski definition) is 3. The second-order valence-electron chi connectivity index (χ2n) is 7.38. The summed E-state index contributed by atoms with van der Waals surface area (Å²) in [6, 6.07) is 11.4. The summed E-state index contributed by atoms with van der Waals surface area (Å²) in [7, 11) is 0. The quantitative estimate of drug-likeness (QED) is 0.623. The van der Waals surface area contributed by atoms with Gasteiger partial charge in [0.15, 0.2) is 5.43 Å². The van der Waals surface area contributed by atoms with Gasteiger partial charge >= 0.3 is 0 Å². The van der Waals surface area contributed by atoms with Crippen LogP contribution in [0.3, 0.4) is 0 Å². The highest BCUT2D eigenvalue weighted by Gasteiger charge is 2.42. The van der Waals surface area contributed by atoms with E-state index in [9.17, 15) is 9.59 Å². The molecule has 0 fully saturated rings. The monoisotopic (exact) mass is 373 g/mol. The number of carbonyl (C=O) groups is 1. The molecule has 4 heteroatoms. The lowest BCUT2D eigenvalue weighted by molar-refractivity contribution is 0.0748. The Morgan fingerprint density at radius 3 is 2.50 bits per heavy atom. The van der Waals surface area contributed by atoms with Crippen LogP contribution in [0, 0.1) is 13.8 Å². The largest absolute Gasteiger partial charge is 0.450 e. The summed E-state index contributed by atoms with van der Waals surface area (Å²) in [6.45, 7) is 10.1. The number of benzene rings is 2. The summed E-state index contributed by atoms with van der Waals surface area (Å²) in [6.07, 6.45) is 2.61. The molecule has 1 aliphatic heterocycles. The van der Waals surface area contributed by atoms with Crippen LogP contribution in [0.5, 0.6) is 0 Å². The van der Waals surface area contributed by atoms with Crippen LogP contribution in [-0.4, -0.2) is 17.4 Å². The standard InChI is InChI=1S/C24H23NO3/c1-5-11-25-20(17-9-7-16(6-2)8-10-17)19-21(26)18-13-14(3)12-15(4)22(18)28-23(19)24(25)27/h5,7-10,12-13,20H,1,6,11H2,2-4H3. The van der Waals surface area contributed by atoms with Crippen molar-refractivity contribution in [2.24, 2.45) is 0 Å². The summed E-state index contributed by atoms with van der Waals surface area (Å²) in [5.74, 6) is -0.116. The first-order valence-electron chi connectivity index (χ1n) is 9.55. The van der Waals surface area contributed by atoms with Crippen molar-refractivity contribution in [2.75, 3.05) is 6.54 Å². The van der Waals surface area contributed by atoms with Gasteiger partial charge in [0, 0.05) is 6.54 Å². The molecule has 1 amide bonds. The maximum Gasteiger partial charge on any atom is 0.291 e. The van der Waals surface area contributed by atoms with E-state index < -0.39 is 6.04 Å². The van der Waals surface area contributed by atoms with Gasteiger partial charge in [-0.15, -0.1) is 6.58 Å². The maximum absolute atomic E-state index is 13.5. The second-order valence-corrected chi connectivity index (χ2v) is 7.38. The molecule has 0 radical (unpaired) electrons. The molecule has 28 heavy (non-hydrogen) atoms. The number of nitrogens with zero attached hydrogens (tertiary/aromatic N) is 1. The predicted octanol–water partition coefficient (Wildman–Crippen LogP) is 4.70. The Morgan fingerprint density at radius 2 is 1.86 bits per heavy atom. The zero-order valence-electron chi connectivity index (χ0n) is 16.4. The minimum atomic E-state index is -0.465. The first-order chi connectivity index (χ1) is 13.5. The van der Waals surface area contributed by atoms with Gasteiger partial charge in [0.05, 0.1) is 17.0 Å². The Hall–Kier alpha value is -3.14. The highest BCUT2D eigenvalue weighted by molar-refractivity contribution is 5.99. The Morgan fingerprint density at radius 1 is 1.14 bits per heavy atom. The van der Waals surface area contributed by atoms with Crippen LogP contribution >= 0.6 is 0 Å². The van der Waals surface area contributed by atoms with Crippen molar-refractivity contribution in [2.45, 2.75) is 33.2 Å². The van der Waals surface area contributed by atoms with Crippen molar-refractivity contribution < 1.29 is 9.21 Å². The Bertz CT molecular complexity index is 1160. The van der Waals surface area contributed by atoms with E-state index in [1.54, 1.807) is 11.0 Å². The van der Waals surface area contributed by atoms with Crippen molar-refractivity contribution >= 4 is 16.9 Å². The Labute approximate surface area is 164 Å². The van der Waals surface area contributed by atoms with Crippen molar-refractivity contribution in [1.29, 1.82) is 0 Å². The predicted molar refractivity (Wildman–Crippen MR) is 111 cm³/mol. The Balaban J connectivity index is 2.01. The van der Waals surface area contributed by atoms with Crippen LogP contribution in [0.1, 0.15) is 51.3 Å². The summed E-state index contributed by atoms with van der Waals surface area (Å²) in [5.41, 5.74) is 4.74. The van der Waals surface area contributed by atoms with E-state index >= 15 is 0 Å². The third-order valence-corrected chi connectivity index (χ3v) is 5.43. The van der Waals surface area contributed by atoms with Gasteiger partial charge in [0.1, 0.15) is 5.58 Å². The molecule has 1 aliphatic rings. The SMILES string of the molecule is C=CCN1C(=O)c2oc3c(C)cc(C)cc3c(=O)c2C1c1ccc(CC)cc1. The fourth-order valence-electron chi connectivity index (χ4n) is 4.08. The van der Waals surface area contributed by atoms with Crippen molar-refractivity contribution in [3.05, 3.63) is 92.9 Å². The van der Waals surface area contributed by atoms with Gasteiger partial charge in [-0.05, 0) is 48.6 Å². The molecule has 0 spiro atoms. The number of amides is 1. The molecule has 1 aromatic heterocycles. The fourth-order valence-corrected chi connectivity index (χ4v) is 4.08. The lowest BCUT2D eigenvalue weighted by Gasteiger charge is -2.23. The molecular formula is C24H23NO3. The van der Waals surface area contributed by atoms with Gasteiger partial charge in [-0.1, -0.05) is 43.3 Å². The number of hydrogen-bond donors (Lipinski definition) is 0. The van der Waals surface area contributed by atoms with Crippen LogP contribution in [0.15, 0.2) is 58.3 Å². The van der Waals surface area contributed by atoms with Crippen LogP contribution in [0.2, 0.25) is 0 Å². The minimum Gasteiger partial charge on any atom is -0.450 e. The molecule has 3 aromatic rings. The summed E-state index contributed by atoms with van der Waals surface area (Å²) in [4.78, 5) is 28.2. The zero-order chi connectivity index (χ0) is 20.0. The van der Waals surface area contributed by atoms with Crippen LogP contribution in [-0.2, 0) is 6.42 Å². The van der Waals surface area contributed by atoms with Gasteiger partial charge in [0.25, 0.3) is 5.91 Å². The van der Waals surface area contributed by atoms with E-state index in [1.165, 1.54) is 5.56 Å². The number of rotatable bonds is 4. The molecule has 0 bridgehead atoms. The zero-order valence-corrected chi connectivity index (χ0v) is 16.4. The smallest absolute Gasteiger partial charge is 0.291 e. The topological polar surface area (TPSA) is 50.5 Å². The normalized spacial score (nSPS) is 15.9. The van der Waals surface area contributed by atoms with E-state index in [4.69, 9.17) is 4.42 Å². The minimum absolute atomic E-state index is 0.132. The van der Waals surface area contributed by atoms with E-state index in [0.717, 1.165) is 23.1 Å².